The van der Waals surface area contributed by atoms with Crippen LogP contribution in [-0.2, 0) is 11.3 Å². The van der Waals surface area contributed by atoms with Crippen molar-refractivity contribution in [1.82, 2.24) is 10.2 Å². The van der Waals surface area contributed by atoms with E-state index in [4.69, 9.17) is 0 Å². The van der Waals surface area contributed by atoms with Crippen molar-refractivity contribution in [2.75, 3.05) is 25.0 Å². The number of nitrogens with one attached hydrogen (secondary N) is 1. The second kappa shape index (κ2) is 8.46. The van der Waals surface area contributed by atoms with Gasteiger partial charge in [0.1, 0.15) is 6.04 Å². The maximum absolute atomic E-state index is 13.3. The fourth-order valence-corrected chi connectivity index (χ4v) is 3.60. The first kappa shape index (κ1) is 19.9. The molecule has 5 nitrogen and oxygen atoms in total. The summed E-state index contributed by atoms with van der Waals surface area (Å²) in [4.78, 5) is 30.1. The number of para-hydroxylation sites is 1. The highest BCUT2D eigenvalue weighted by Gasteiger charge is 2.30. The third-order valence-electron chi connectivity index (χ3n) is 5.28. The van der Waals surface area contributed by atoms with Crippen LogP contribution < -0.4 is 10.2 Å². The van der Waals surface area contributed by atoms with E-state index in [-0.39, 0.29) is 17.7 Å². The first-order valence-electron chi connectivity index (χ1n) is 9.82. The van der Waals surface area contributed by atoms with E-state index < -0.39 is 6.04 Å². The molecule has 2 aromatic carbocycles. The summed E-state index contributed by atoms with van der Waals surface area (Å²) in [5, 5.41) is 2.97. The quantitative estimate of drug-likeness (QED) is 0.887. The molecule has 3 rings (SSSR count). The minimum atomic E-state index is -0.552. The summed E-state index contributed by atoms with van der Waals surface area (Å²) in [5.41, 5.74) is 3.89. The molecule has 148 valence electrons. The number of fused-ring (bicyclic) bond motifs is 1. The van der Waals surface area contributed by atoms with Gasteiger partial charge in [-0.1, -0.05) is 49.7 Å². The van der Waals surface area contributed by atoms with Gasteiger partial charge in [0, 0.05) is 37.9 Å². The van der Waals surface area contributed by atoms with Gasteiger partial charge in [0.25, 0.3) is 5.91 Å². The van der Waals surface area contributed by atoms with Gasteiger partial charge in [-0.2, -0.15) is 0 Å². The van der Waals surface area contributed by atoms with E-state index in [1.54, 1.807) is 6.07 Å². The van der Waals surface area contributed by atoms with Crippen molar-refractivity contribution in [2.24, 2.45) is 5.92 Å². The second-order valence-corrected chi connectivity index (χ2v) is 7.87. The Morgan fingerprint density at radius 3 is 2.50 bits per heavy atom. The molecule has 0 radical (unpaired) electrons. The number of nitrogens with zero attached hydrogens (tertiary/aromatic N) is 2. The first-order chi connectivity index (χ1) is 13.4. The van der Waals surface area contributed by atoms with Gasteiger partial charge in [-0.05, 0) is 36.6 Å². The van der Waals surface area contributed by atoms with Crippen LogP contribution in [0.4, 0.5) is 5.69 Å². The molecule has 2 aromatic rings. The lowest BCUT2D eigenvalue weighted by atomic mass is 10.0. The summed E-state index contributed by atoms with van der Waals surface area (Å²) in [6.45, 7) is 7.84. The average Bonchev–Trinajstić information content (AvgIpc) is 2.84. The van der Waals surface area contributed by atoms with Gasteiger partial charge < -0.3 is 15.1 Å². The zero-order chi connectivity index (χ0) is 20.3. The molecule has 1 heterocycles. The third kappa shape index (κ3) is 4.35. The molecule has 1 aliphatic heterocycles. The highest BCUT2D eigenvalue weighted by Crippen LogP contribution is 2.24. The highest BCUT2D eigenvalue weighted by molar-refractivity contribution is 5.97. The summed E-state index contributed by atoms with van der Waals surface area (Å²) in [7, 11) is 2.05. The van der Waals surface area contributed by atoms with Crippen LogP contribution in [0.3, 0.4) is 0 Å². The van der Waals surface area contributed by atoms with Crippen molar-refractivity contribution in [3.63, 3.8) is 0 Å². The van der Waals surface area contributed by atoms with Crippen LogP contribution in [0, 0.1) is 12.8 Å². The van der Waals surface area contributed by atoms with E-state index in [0.717, 1.165) is 23.4 Å². The molecule has 1 aliphatic rings. The Morgan fingerprint density at radius 2 is 1.79 bits per heavy atom. The molecule has 0 aromatic heterocycles. The first-order valence-corrected chi connectivity index (χ1v) is 9.82. The van der Waals surface area contributed by atoms with Crippen LogP contribution in [0.2, 0.25) is 0 Å². The van der Waals surface area contributed by atoms with Gasteiger partial charge in [-0.3, -0.25) is 9.59 Å². The molecule has 0 aliphatic carbocycles. The van der Waals surface area contributed by atoms with Gasteiger partial charge in [0.05, 0.1) is 0 Å². The summed E-state index contributed by atoms with van der Waals surface area (Å²) < 4.78 is 0. The Labute approximate surface area is 167 Å². The van der Waals surface area contributed by atoms with Crippen molar-refractivity contribution in [3.05, 3.63) is 65.2 Å². The van der Waals surface area contributed by atoms with E-state index in [0.29, 0.717) is 18.7 Å². The third-order valence-corrected chi connectivity index (χ3v) is 5.28. The van der Waals surface area contributed by atoms with E-state index in [1.165, 1.54) is 0 Å². The molecule has 0 saturated heterocycles. The fourth-order valence-electron chi connectivity index (χ4n) is 3.60. The number of amides is 2. The van der Waals surface area contributed by atoms with Crippen LogP contribution in [0.15, 0.2) is 48.5 Å². The molecule has 0 fully saturated rings. The number of benzene rings is 2. The Morgan fingerprint density at radius 1 is 1.04 bits per heavy atom. The summed E-state index contributed by atoms with van der Waals surface area (Å²) in [6, 6.07) is 15.0. The molecular weight excluding hydrogens is 350 g/mol. The lowest BCUT2D eigenvalue weighted by Gasteiger charge is -2.29. The van der Waals surface area contributed by atoms with E-state index in [9.17, 15) is 9.59 Å². The summed E-state index contributed by atoms with van der Waals surface area (Å²) in [6.07, 6.45) is 0. The van der Waals surface area contributed by atoms with Gasteiger partial charge in [-0.15, -0.1) is 0 Å². The zero-order valence-corrected chi connectivity index (χ0v) is 17.1. The van der Waals surface area contributed by atoms with E-state index in [1.807, 2.05) is 63.1 Å². The fraction of sp³-hybridized carbons (Fsp3) is 0.391. The Balaban J connectivity index is 1.79. The van der Waals surface area contributed by atoms with Crippen LogP contribution >= 0.6 is 0 Å². The Bertz CT molecular complexity index is 862. The maximum Gasteiger partial charge on any atom is 0.251 e. The number of hydrogen-bond donors (Lipinski definition) is 1. The normalized spacial score (nSPS) is 15.0. The highest BCUT2D eigenvalue weighted by atomic mass is 16.2. The van der Waals surface area contributed by atoms with Crippen molar-refractivity contribution >= 4 is 17.5 Å². The zero-order valence-electron chi connectivity index (χ0n) is 17.1. The lowest BCUT2D eigenvalue weighted by Crippen LogP contribution is -2.51. The number of anilines is 1. The molecule has 5 heteroatoms. The van der Waals surface area contributed by atoms with Crippen molar-refractivity contribution in [3.8, 4) is 0 Å². The molecule has 0 spiro atoms. The largest absolute Gasteiger partial charge is 0.373 e. The molecule has 28 heavy (non-hydrogen) atoms. The lowest BCUT2D eigenvalue weighted by molar-refractivity contribution is -0.134. The van der Waals surface area contributed by atoms with Crippen LogP contribution in [0.1, 0.15) is 35.3 Å². The standard InChI is InChI=1S/C23H29N3O2/c1-16(2)21(24-22(27)18-10-7-8-17(3)14-18)23(28)26-13-12-25(4)20-11-6-5-9-19(20)15-26/h5-11,14,16,21H,12-13,15H2,1-4H3,(H,24,27). The van der Waals surface area contributed by atoms with Crippen LogP contribution in [0.25, 0.3) is 0 Å². The topological polar surface area (TPSA) is 52.7 Å². The van der Waals surface area contributed by atoms with Gasteiger partial charge in [-0.25, -0.2) is 0 Å². The minimum absolute atomic E-state index is 0.00233. The Kier molecular flexibility index (Phi) is 6.02. The number of likely N-dealkylation sites (N-methyl/N-ethyl adjacent to an activating group) is 1. The van der Waals surface area contributed by atoms with Gasteiger partial charge in [0.15, 0.2) is 0 Å². The SMILES string of the molecule is Cc1cccc(C(=O)NC(C(=O)N2CCN(C)c3ccccc3C2)C(C)C)c1. The molecule has 2 amide bonds. The molecule has 1 atom stereocenters. The molecule has 0 bridgehead atoms. The maximum atomic E-state index is 13.3. The molecule has 0 saturated carbocycles. The Hall–Kier alpha value is -2.82. The van der Waals surface area contributed by atoms with Gasteiger partial charge >= 0.3 is 0 Å². The second-order valence-electron chi connectivity index (χ2n) is 7.87. The van der Waals surface area contributed by atoms with Crippen molar-refractivity contribution in [2.45, 2.75) is 33.4 Å². The predicted octanol–water partition coefficient (Wildman–Crippen LogP) is 3.23. The predicted molar refractivity (Wildman–Crippen MR) is 112 cm³/mol. The smallest absolute Gasteiger partial charge is 0.251 e. The summed E-state index contributed by atoms with van der Waals surface area (Å²) >= 11 is 0. The van der Waals surface area contributed by atoms with E-state index >= 15 is 0 Å². The number of carbonyl (C=O) groups excluding carboxylic acids is 2. The minimum Gasteiger partial charge on any atom is -0.373 e. The number of rotatable bonds is 4. The molecular formula is C23H29N3O2. The van der Waals surface area contributed by atoms with Crippen LogP contribution in [-0.4, -0.2) is 42.9 Å². The van der Waals surface area contributed by atoms with Crippen LogP contribution in [0.5, 0.6) is 0 Å². The van der Waals surface area contributed by atoms with Crippen molar-refractivity contribution in [1.29, 1.82) is 0 Å². The van der Waals surface area contributed by atoms with Gasteiger partial charge in [0.2, 0.25) is 5.91 Å². The number of hydrogen-bond acceptors (Lipinski definition) is 3. The molecule has 1 unspecified atom stereocenters. The van der Waals surface area contributed by atoms with E-state index in [2.05, 4.69) is 22.3 Å². The van der Waals surface area contributed by atoms with Crippen molar-refractivity contribution < 1.29 is 9.59 Å². The monoisotopic (exact) mass is 379 g/mol. The molecule has 1 N–H and O–H groups in total. The summed E-state index contributed by atoms with van der Waals surface area (Å²) in [5.74, 6) is -0.235. The number of carbonyl (C=O) groups is 2. The average molecular weight is 380 g/mol. The number of aryl methyl sites for hydroxylation is 1.